The number of rotatable bonds is 5. The number of pyridine rings is 1. The molecule has 3 heterocycles. The summed E-state index contributed by atoms with van der Waals surface area (Å²) < 4.78 is 42.0. The first-order chi connectivity index (χ1) is 15.7. The molecule has 1 saturated heterocycles. The molecule has 10 heteroatoms. The van der Waals surface area contributed by atoms with Gasteiger partial charge in [-0.2, -0.15) is 0 Å². The molecule has 174 valence electrons. The third-order valence-electron chi connectivity index (χ3n) is 6.07. The second kappa shape index (κ2) is 8.84. The third kappa shape index (κ3) is 4.29. The molecule has 1 fully saturated rings. The first-order valence-electron chi connectivity index (χ1n) is 10.6. The van der Waals surface area contributed by atoms with Crippen molar-refractivity contribution in [3.05, 3.63) is 63.0 Å². The quantitative estimate of drug-likeness (QED) is 0.630. The molecule has 0 spiro atoms. The molecule has 4 rings (SSSR count). The molecule has 1 aromatic carbocycles. The summed E-state index contributed by atoms with van der Waals surface area (Å²) in [7, 11) is 1.62. The third-order valence-corrected chi connectivity index (χ3v) is 6.07. The minimum atomic E-state index is -2.91. The van der Waals surface area contributed by atoms with Crippen LogP contribution in [0.15, 0.2) is 29.1 Å². The van der Waals surface area contributed by atoms with E-state index in [9.17, 15) is 22.8 Å². The standard InChI is InChI=1S/C23H24F3N5O2/c1-12-28-21(27-10-14-5-4-6-16(19(14)24)20(25)26)18-9-17(23(33)30(3)22(18)29-12)15-7-8-31(11-15)13(2)32/h4-6,9,15,20H,7-8,10-11H2,1-3H3,(H,27,28,29). The molecule has 2 aromatic heterocycles. The van der Waals surface area contributed by atoms with Crippen molar-refractivity contribution in [1.29, 1.82) is 0 Å². The van der Waals surface area contributed by atoms with Crippen molar-refractivity contribution in [3.8, 4) is 0 Å². The van der Waals surface area contributed by atoms with Crippen LogP contribution in [0.3, 0.4) is 0 Å². The first kappa shape index (κ1) is 22.8. The highest BCUT2D eigenvalue weighted by molar-refractivity contribution is 5.87. The highest BCUT2D eigenvalue weighted by Gasteiger charge is 2.28. The number of hydrogen-bond donors (Lipinski definition) is 1. The summed E-state index contributed by atoms with van der Waals surface area (Å²) in [6, 6.07) is 5.59. The molecule has 0 aliphatic carbocycles. The van der Waals surface area contributed by atoms with Crippen LogP contribution in [0.5, 0.6) is 0 Å². The summed E-state index contributed by atoms with van der Waals surface area (Å²) in [5.74, 6) is -0.343. The van der Waals surface area contributed by atoms with E-state index in [4.69, 9.17) is 0 Å². The van der Waals surface area contributed by atoms with Crippen molar-refractivity contribution in [2.24, 2.45) is 7.05 Å². The van der Waals surface area contributed by atoms with E-state index in [0.717, 1.165) is 6.07 Å². The van der Waals surface area contributed by atoms with E-state index in [0.29, 0.717) is 47.7 Å². The summed E-state index contributed by atoms with van der Waals surface area (Å²) in [5.41, 5.74) is 0.184. The molecule has 33 heavy (non-hydrogen) atoms. The second-order valence-electron chi connectivity index (χ2n) is 8.25. The van der Waals surface area contributed by atoms with Gasteiger partial charge in [0.25, 0.3) is 12.0 Å². The fourth-order valence-corrected chi connectivity index (χ4v) is 4.27. The maximum absolute atomic E-state index is 14.5. The highest BCUT2D eigenvalue weighted by atomic mass is 19.3. The molecule has 0 bridgehead atoms. The zero-order valence-electron chi connectivity index (χ0n) is 18.5. The predicted octanol–water partition coefficient (Wildman–Crippen LogP) is 3.66. The lowest BCUT2D eigenvalue weighted by atomic mass is 9.98. The molecule has 0 saturated carbocycles. The monoisotopic (exact) mass is 459 g/mol. The number of carbonyl (C=O) groups is 1. The number of nitrogens with zero attached hydrogens (tertiary/aromatic N) is 4. The van der Waals surface area contributed by atoms with Gasteiger partial charge in [-0.15, -0.1) is 0 Å². The Morgan fingerprint density at radius 2 is 2.06 bits per heavy atom. The Morgan fingerprint density at radius 1 is 1.30 bits per heavy atom. The van der Waals surface area contributed by atoms with E-state index in [1.54, 1.807) is 24.9 Å². The highest BCUT2D eigenvalue weighted by Crippen LogP contribution is 2.29. The van der Waals surface area contributed by atoms with Gasteiger partial charge in [-0.3, -0.25) is 14.2 Å². The number of carbonyl (C=O) groups excluding carboxylic acids is 1. The molecule has 3 aromatic rings. The normalized spacial score (nSPS) is 16.1. The van der Waals surface area contributed by atoms with Crippen molar-refractivity contribution >= 4 is 22.8 Å². The summed E-state index contributed by atoms with van der Waals surface area (Å²) in [4.78, 5) is 35.3. The Kier molecular flexibility index (Phi) is 6.09. The molecule has 7 nitrogen and oxygen atoms in total. The lowest BCUT2D eigenvalue weighted by Gasteiger charge is -2.17. The van der Waals surface area contributed by atoms with Crippen molar-refractivity contribution in [2.45, 2.75) is 39.2 Å². The Balaban J connectivity index is 1.73. The molecule has 1 amide bonds. The number of anilines is 1. The number of hydrogen-bond acceptors (Lipinski definition) is 5. The number of alkyl halides is 2. The van der Waals surface area contributed by atoms with Gasteiger partial charge in [-0.05, 0) is 19.4 Å². The van der Waals surface area contributed by atoms with Crippen LogP contribution in [0.2, 0.25) is 0 Å². The van der Waals surface area contributed by atoms with Crippen molar-refractivity contribution in [2.75, 3.05) is 18.4 Å². The largest absolute Gasteiger partial charge is 0.365 e. The molecule has 1 N–H and O–H groups in total. The summed E-state index contributed by atoms with van der Waals surface area (Å²) >= 11 is 0. The minimum Gasteiger partial charge on any atom is -0.365 e. The lowest BCUT2D eigenvalue weighted by molar-refractivity contribution is -0.127. The lowest BCUT2D eigenvalue weighted by Crippen LogP contribution is -2.28. The average Bonchev–Trinajstić information content (AvgIpc) is 3.26. The smallest absolute Gasteiger partial charge is 0.266 e. The molecular weight excluding hydrogens is 435 g/mol. The van der Waals surface area contributed by atoms with Crippen molar-refractivity contribution in [3.63, 3.8) is 0 Å². The van der Waals surface area contributed by atoms with Crippen LogP contribution in [0.4, 0.5) is 19.0 Å². The molecular formula is C23H24F3N5O2. The van der Waals surface area contributed by atoms with Crippen LogP contribution in [0, 0.1) is 12.7 Å². The van der Waals surface area contributed by atoms with Crippen LogP contribution in [-0.2, 0) is 18.4 Å². The molecule has 1 aliphatic rings. The van der Waals surface area contributed by atoms with Gasteiger partial charge in [0.15, 0.2) is 0 Å². The zero-order valence-corrected chi connectivity index (χ0v) is 18.5. The van der Waals surface area contributed by atoms with E-state index < -0.39 is 17.8 Å². The Bertz CT molecular complexity index is 1290. The molecule has 1 atom stereocenters. The van der Waals surface area contributed by atoms with Gasteiger partial charge in [-0.1, -0.05) is 18.2 Å². The van der Waals surface area contributed by atoms with E-state index in [2.05, 4.69) is 15.3 Å². The van der Waals surface area contributed by atoms with Crippen LogP contribution < -0.4 is 10.9 Å². The molecule has 1 unspecified atom stereocenters. The number of amides is 1. The number of fused-ring (bicyclic) bond motifs is 1. The number of aryl methyl sites for hydroxylation is 2. The minimum absolute atomic E-state index is 0.0375. The second-order valence-corrected chi connectivity index (χ2v) is 8.25. The van der Waals surface area contributed by atoms with E-state index in [-0.39, 0.29) is 29.5 Å². The average molecular weight is 459 g/mol. The summed E-state index contributed by atoms with van der Waals surface area (Å²) in [6.07, 6.45) is -2.24. The molecule has 0 radical (unpaired) electrons. The summed E-state index contributed by atoms with van der Waals surface area (Å²) in [5, 5.41) is 3.59. The van der Waals surface area contributed by atoms with Crippen LogP contribution in [-0.4, -0.2) is 38.4 Å². The van der Waals surface area contributed by atoms with Gasteiger partial charge >= 0.3 is 0 Å². The fourth-order valence-electron chi connectivity index (χ4n) is 4.27. The van der Waals surface area contributed by atoms with E-state index in [1.807, 2.05) is 0 Å². The number of nitrogens with one attached hydrogen (secondary N) is 1. The van der Waals surface area contributed by atoms with Gasteiger partial charge in [0.1, 0.15) is 23.1 Å². The number of likely N-dealkylation sites (tertiary alicyclic amines) is 1. The van der Waals surface area contributed by atoms with E-state index >= 15 is 0 Å². The van der Waals surface area contributed by atoms with Crippen LogP contribution in [0.25, 0.3) is 11.0 Å². The Labute approximate surface area is 188 Å². The molecule has 1 aliphatic heterocycles. The van der Waals surface area contributed by atoms with Gasteiger partial charge in [0, 0.05) is 50.7 Å². The maximum atomic E-state index is 14.5. The van der Waals surface area contributed by atoms with Gasteiger partial charge in [0.2, 0.25) is 5.91 Å². The number of halogens is 3. The predicted molar refractivity (Wildman–Crippen MR) is 118 cm³/mol. The maximum Gasteiger partial charge on any atom is 0.266 e. The van der Waals surface area contributed by atoms with Gasteiger partial charge in [0.05, 0.1) is 10.9 Å². The Morgan fingerprint density at radius 3 is 2.73 bits per heavy atom. The summed E-state index contributed by atoms with van der Waals surface area (Å²) in [6.45, 7) is 4.13. The Hall–Kier alpha value is -3.43. The topological polar surface area (TPSA) is 80.1 Å². The first-order valence-corrected chi connectivity index (χ1v) is 10.6. The van der Waals surface area contributed by atoms with Gasteiger partial charge in [-0.25, -0.2) is 23.1 Å². The number of benzene rings is 1. The van der Waals surface area contributed by atoms with E-state index in [1.165, 1.54) is 23.6 Å². The fraction of sp³-hybridized carbons (Fsp3) is 0.391. The van der Waals surface area contributed by atoms with Crippen molar-refractivity contribution < 1.29 is 18.0 Å². The van der Waals surface area contributed by atoms with Crippen molar-refractivity contribution in [1.82, 2.24) is 19.4 Å². The van der Waals surface area contributed by atoms with Gasteiger partial charge < -0.3 is 10.2 Å². The SMILES string of the molecule is CC(=O)N1CCC(c2cc3c(NCc4cccc(C(F)F)c4F)nc(C)nc3n(C)c2=O)C1. The van der Waals surface area contributed by atoms with Crippen LogP contribution in [0.1, 0.15) is 48.2 Å². The zero-order chi connectivity index (χ0) is 23.9. The van der Waals surface area contributed by atoms with Crippen LogP contribution >= 0.6 is 0 Å². The number of aromatic nitrogens is 3.